The van der Waals surface area contributed by atoms with Crippen LogP contribution in [-0.4, -0.2) is 90.5 Å². The summed E-state index contributed by atoms with van der Waals surface area (Å²) in [4.78, 5) is 155. The number of carbonyl (C=O) groups excluding carboxylic acids is 12. The van der Waals surface area contributed by atoms with E-state index in [2.05, 4.69) is 19.9 Å². The SMILES string of the molecule is O=C([O-])c1ccccc1C(=O)c1ccc(Cl)cc1.O=C([O-])c1ccccc1C(=O)c1ccc(Cl)cc1.O=C([O-])c1ccccc1C(=O)c1ccc(Cl)cc1.O=C([O-])c1ccccc1C(=O)c1ccc(Cl)cc1.O=C([O-])c1ccccc1C(=O)c1ccc(Cl)cc1.O=C([O-])c1ccccc1C(=O)c1ccc(Cl)cc1.[Mn+2].[Mn+2].[Mn+2].c1ccc(-c2ccccn2)nc1.c1ccc(-c2ccccn2)nc1. The fourth-order valence-electron chi connectivity index (χ4n) is 11.8. The first-order chi connectivity index (χ1) is 63.5. The van der Waals surface area contributed by atoms with E-state index in [1.54, 1.807) is 243 Å². The quantitative estimate of drug-likeness (QED) is 0.0505. The fourth-order valence-corrected chi connectivity index (χ4v) is 12.5. The van der Waals surface area contributed by atoms with E-state index in [4.69, 9.17) is 69.6 Å². The second-order valence-corrected chi connectivity index (χ2v) is 29.5. The van der Waals surface area contributed by atoms with E-state index in [1.165, 1.54) is 72.8 Å². The van der Waals surface area contributed by atoms with Crippen LogP contribution in [0.1, 0.15) is 158 Å². The van der Waals surface area contributed by atoms with E-state index in [0.29, 0.717) is 63.5 Å². The van der Waals surface area contributed by atoms with Gasteiger partial charge in [-0.15, -0.1) is 0 Å². The molecule has 0 unspecified atom stereocenters. The van der Waals surface area contributed by atoms with Crippen molar-refractivity contribution in [1.82, 2.24) is 19.9 Å². The Balaban J connectivity index is 0.000000237. The molecule has 0 bridgehead atoms. The van der Waals surface area contributed by atoms with E-state index in [0.717, 1.165) is 22.8 Å². The number of aromatic nitrogens is 4. The van der Waals surface area contributed by atoms with Crippen LogP contribution in [-0.2, 0) is 51.2 Å². The number of carboxylic acid groups (broad SMARTS) is 6. The van der Waals surface area contributed by atoms with Crippen LogP contribution < -0.4 is 30.6 Å². The number of carboxylic acids is 6. The molecule has 0 fully saturated rings. The van der Waals surface area contributed by atoms with Crippen molar-refractivity contribution in [2.24, 2.45) is 0 Å². The fraction of sp³-hybridized carbons (Fsp3) is 0. The van der Waals surface area contributed by atoms with Crippen LogP contribution in [0.2, 0.25) is 30.1 Å². The Bertz CT molecular complexity index is 5760. The summed E-state index contributed by atoms with van der Waals surface area (Å²) < 4.78 is 0. The second kappa shape index (κ2) is 55.7. The van der Waals surface area contributed by atoms with Crippen LogP contribution in [0.15, 0.2) is 389 Å². The Hall–Kier alpha value is -14.6. The summed E-state index contributed by atoms with van der Waals surface area (Å²) >= 11 is 34.4. The first-order valence-electron chi connectivity index (χ1n) is 38.8. The molecule has 4 heterocycles. The minimum absolute atomic E-state index is 0. The maximum absolute atomic E-state index is 12.1. The van der Waals surface area contributed by atoms with Gasteiger partial charge in [0.05, 0.1) is 58.6 Å². The molecule has 0 atom stereocenters. The molecule has 0 aliphatic carbocycles. The number of hydrogen-bond donors (Lipinski definition) is 0. The standard InChI is InChI=1S/6C14H9ClO3.2C10H8N2.3Mn/c6*15-10-7-5-9(6-8-10)13(16)11-3-1-2-4-12(11)14(17)18;2*1-3-7-11-9(5-1)10-6-2-4-8-12-10;;;/h6*1-8H,(H,17,18);2*1-8H;;;/q;;;;;;;;3*+2/p-6. The van der Waals surface area contributed by atoms with Gasteiger partial charge in [-0.25, -0.2) is 0 Å². The van der Waals surface area contributed by atoms with Crippen LogP contribution >= 0.6 is 69.6 Å². The number of carbonyl (C=O) groups is 12. The molecule has 0 N–H and O–H groups in total. The van der Waals surface area contributed by atoms with Gasteiger partial charge >= 0.3 is 51.2 Å². The van der Waals surface area contributed by atoms with Gasteiger partial charge in [-0.3, -0.25) is 48.7 Å². The third-order valence-corrected chi connectivity index (χ3v) is 19.7. The second-order valence-electron chi connectivity index (χ2n) is 26.9. The van der Waals surface area contributed by atoms with Gasteiger partial charge < -0.3 is 59.4 Å². The molecule has 4 aromatic heterocycles. The number of nitrogens with zero attached hydrogens (tertiary/aromatic N) is 4. The predicted molar refractivity (Wildman–Crippen MR) is 489 cm³/mol. The van der Waals surface area contributed by atoms with Crippen molar-refractivity contribution < 1.29 is 139 Å². The van der Waals surface area contributed by atoms with Gasteiger partial charge in [0.1, 0.15) is 0 Å². The number of aromatic carboxylic acids is 6. The predicted octanol–water partition coefficient (Wildman–Crippen LogP) is 15.9. The van der Waals surface area contributed by atoms with E-state index in [9.17, 15) is 88.2 Å². The summed E-state index contributed by atoms with van der Waals surface area (Å²) in [7, 11) is 0. The van der Waals surface area contributed by atoms with E-state index >= 15 is 0 Å². The minimum atomic E-state index is -1.37. The first kappa shape index (κ1) is 109. The van der Waals surface area contributed by atoms with E-state index in [1.807, 2.05) is 72.8 Å². The van der Waals surface area contributed by atoms with Crippen LogP contribution in [0.3, 0.4) is 0 Å². The molecule has 0 aliphatic rings. The molecule has 0 amide bonds. The zero-order valence-corrected chi connectivity index (χ0v) is 77.6. The van der Waals surface area contributed by atoms with Crippen molar-refractivity contribution in [3.63, 3.8) is 0 Å². The zero-order valence-electron chi connectivity index (χ0n) is 69.5. The average Bonchev–Trinajstić information content (AvgIpc) is 0.850. The van der Waals surface area contributed by atoms with Crippen molar-refractivity contribution in [2.45, 2.75) is 0 Å². The molecule has 16 aromatic rings. The van der Waals surface area contributed by atoms with Gasteiger partial charge in [0.15, 0.2) is 34.7 Å². The van der Waals surface area contributed by atoms with Crippen LogP contribution in [0.4, 0.5) is 0 Å². The molecule has 671 valence electrons. The summed E-state index contributed by atoms with van der Waals surface area (Å²) in [6.45, 7) is 0. The number of ketones is 6. The molecule has 0 spiro atoms. The van der Waals surface area contributed by atoms with E-state index < -0.39 is 35.8 Å². The Morgan fingerprint density at radius 1 is 0.156 bits per heavy atom. The Morgan fingerprint density at radius 3 is 0.370 bits per heavy atom. The summed E-state index contributed by atoms with van der Waals surface area (Å²) in [5.74, 6) is -10.4. The van der Waals surface area contributed by atoms with Gasteiger partial charge in [0, 0.05) is 155 Å². The number of halogens is 6. The molecule has 0 aliphatic heterocycles. The van der Waals surface area contributed by atoms with Crippen molar-refractivity contribution in [3.8, 4) is 22.8 Å². The molecule has 16 rings (SSSR count). The maximum Gasteiger partial charge on any atom is 2.00 e. The van der Waals surface area contributed by atoms with Crippen molar-refractivity contribution in [3.05, 3.63) is 519 Å². The number of rotatable bonds is 20. The van der Waals surface area contributed by atoms with Crippen LogP contribution in [0, 0.1) is 0 Å². The van der Waals surface area contributed by atoms with Gasteiger partial charge in [0.25, 0.3) is 0 Å². The maximum atomic E-state index is 12.1. The van der Waals surface area contributed by atoms with E-state index in [-0.39, 0.29) is 153 Å². The topological polar surface area (TPSA) is 395 Å². The summed E-state index contributed by atoms with van der Waals surface area (Å²) in [6, 6.07) is 96.5. The first-order valence-corrected chi connectivity index (χ1v) is 41.1. The van der Waals surface area contributed by atoms with Crippen LogP contribution in [0.25, 0.3) is 22.8 Å². The number of hydrogen-bond acceptors (Lipinski definition) is 22. The third-order valence-electron chi connectivity index (χ3n) is 18.2. The zero-order chi connectivity index (χ0) is 95.2. The van der Waals surface area contributed by atoms with Crippen LogP contribution in [0.5, 0.6) is 0 Å². The Morgan fingerprint density at radius 2 is 0.267 bits per heavy atom. The van der Waals surface area contributed by atoms with Crippen molar-refractivity contribution >= 4 is 140 Å². The van der Waals surface area contributed by atoms with Gasteiger partial charge in [0.2, 0.25) is 0 Å². The molecule has 0 saturated heterocycles. The van der Waals surface area contributed by atoms with Gasteiger partial charge in [-0.05, 0) is 194 Å². The molecular formula is C104H64Cl6Mn3N4O18. The summed E-state index contributed by atoms with van der Waals surface area (Å²) in [5, 5.41) is 68.6. The van der Waals surface area contributed by atoms with Crippen molar-refractivity contribution in [1.29, 1.82) is 0 Å². The molecule has 0 saturated carbocycles. The summed E-state index contributed by atoms with van der Waals surface area (Å²) in [5.41, 5.74) is 5.94. The smallest absolute Gasteiger partial charge is 0.545 e. The minimum Gasteiger partial charge on any atom is -0.545 e. The molecule has 31 heteroatoms. The number of pyridine rings is 4. The third kappa shape index (κ3) is 33.0. The molecular weight excluding hydrogens is 1970 g/mol. The monoisotopic (exact) mass is 2030 g/mol. The normalized spacial score (nSPS) is 9.76. The Kier molecular flexibility index (Phi) is 45.0. The summed E-state index contributed by atoms with van der Waals surface area (Å²) in [6.07, 6.45) is 7.07. The van der Waals surface area contributed by atoms with Gasteiger partial charge in [-0.1, -0.05) is 239 Å². The molecule has 12 aromatic carbocycles. The molecule has 3 radical (unpaired) electrons. The number of benzene rings is 12. The molecule has 22 nitrogen and oxygen atoms in total. The Labute approximate surface area is 834 Å². The molecule has 135 heavy (non-hydrogen) atoms. The average molecular weight is 2040 g/mol. The van der Waals surface area contributed by atoms with Crippen molar-refractivity contribution in [2.75, 3.05) is 0 Å². The van der Waals surface area contributed by atoms with Gasteiger partial charge in [-0.2, -0.15) is 0 Å². The largest absolute Gasteiger partial charge is 2.00 e.